The van der Waals surface area contributed by atoms with E-state index in [4.69, 9.17) is 0 Å². The smallest absolute Gasteiger partial charge is 0.135 e. The third-order valence-corrected chi connectivity index (χ3v) is 1.20. The number of alkyl halides is 1. The van der Waals surface area contributed by atoms with Gasteiger partial charge in [0.15, 0.2) is 0 Å². The Kier molecular flexibility index (Phi) is 4.28. The van der Waals surface area contributed by atoms with E-state index in [0.717, 1.165) is 0 Å². The molecule has 0 aromatic carbocycles. The molecule has 0 aliphatic carbocycles. The Morgan fingerprint density at radius 1 is 1.56 bits per heavy atom. The zero-order valence-corrected chi connectivity index (χ0v) is 5.98. The second-order valence-corrected chi connectivity index (χ2v) is 2.41. The Balaban J connectivity index is 3.28. The molecule has 0 fully saturated rings. The summed E-state index contributed by atoms with van der Waals surface area (Å²) in [5.74, 6) is 0.226. The summed E-state index contributed by atoms with van der Waals surface area (Å²) < 4.78 is 11.5. The van der Waals surface area contributed by atoms with Crippen molar-refractivity contribution >= 4 is 5.78 Å². The molecule has 0 aliphatic heterocycles. The van der Waals surface area contributed by atoms with Crippen molar-refractivity contribution in [2.45, 2.75) is 26.7 Å². The SMILES string of the molecule is CC(C)C(=O)CCCF. The van der Waals surface area contributed by atoms with Gasteiger partial charge in [-0.1, -0.05) is 13.8 Å². The number of hydrogen-bond acceptors (Lipinski definition) is 1. The highest BCUT2D eigenvalue weighted by Crippen LogP contribution is 2.01. The topological polar surface area (TPSA) is 17.1 Å². The van der Waals surface area contributed by atoms with E-state index in [1.807, 2.05) is 13.8 Å². The molecule has 0 radical (unpaired) electrons. The molecule has 0 unspecified atom stereocenters. The lowest BCUT2D eigenvalue weighted by Crippen LogP contribution is -2.06. The van der Waals surface area contributed by atoms with Gasteiger partial charge in [0.05, 0.1) is 6.67 Å². The van der Waals surface area contributed by atoms with Crippen molar-refractivity contribution in [3.8, 4) is 0 Å². The minimum absolute atomic E-state index is 0.0662. The number of halogens is 1. The van der Waals surface area contributed by atoms with Crippen molar-refractivity contribution < 1.29 is 9.18 Å². The molecular formula is C7H13FO. The minimum atomic E-state index is -0.377. The maximum absolute atomic E-state index is 11.5. The largest absolute Gasteiger partial charge is 0.299 e. The highest BCUT2D eigenvalue weighted by atomic mass is 19.1. The van der Waals surface area contributed by atoms with Crippen LogP contribution in [0.4, 0.5) is 4.39 Å². The monoisotopic (exact) mass is 132 g/mol. The fraction of sp³-hybridized carbons (Fsp3) is 0.857. The third-order valence-electron chi connectivity index (χ3n) is 1.20. The summed E-state index contributed by atoms with van der Waals surface area (Å²) in [5.41, 5.74) is 0. The van der Waals surface area contributed by atoms with E-state index in [0.29, 0.717) is 12.8 Å². The van der Waals surface area contributed by atoms with Crippen LogP contribution in [0.15, 0.2) is 0 Å². The molecule has 0 bridgehead atoms. The van der Waals surface area contributed by atoms with E-state index in [-0.39, 0.29) is 18.4 Å². The fourth-order valence-electron chi connectivity index (χ4n) is 0.530. The van der Waals surface area contributed by atoms with Crippen LogP contribution in [-0.2, 0) is 4.79 Å². The summed E-state index contributed by atoms with van der Waals surface area (Å²) in [5, 5.41) is 0. The molecule has 0 saturated heterocycles. The summed E-state index contributed by atoms with van der Waals surface area (Å²) in [7, 11) is 0. The summed E-state index contributed by atoms with van der Waals surface area (Å²) in [6.45, 7) is 3.29. The Labute approximate surface area is 55.3 Å². The van der Waals surface area contributed by atoms with Crippen molar-refractivity contribution in [2.75, 3.05) is 6.67 Å². The van der Waals surface area contributed by atoms with Gasteiger partial charge < -0.3 is 0 Å². The standard InChI is InChI=1S/C7H13FO/c1-6(2)7(9)4-3-5-8/h6H,3-5H2,1-2H3. The molecule has 2 heteroatoms. The maximum Gasteiger partial charge on any atom is 0.135 e. The van der Waals surface area contributed by atoms with Crippen LogP contribution in [0.5, 0.6) is 0 Å². The summed E-state index contributed by atoms with van der Waals surface area (Å²) >= 11 is 0. The first-order valence-corrected chi connectivity index (χ1v) is 3.27. The lowest BCUT2D eigenvalue weighted by Gasteiger charge is -1.99. The molecular weight excluding hydrogens is 119 g/mol. The van der Waals surface area contributed by atoms with Crippen LogP contribution in [0.3, 0.4) is 0 Å². The molecule has 0 atom stereocenters. The predicted molar refractivity (Wildman–Crippen MR) is 35.1 cm³/mol. The van der Waals surface area contributed by atoms with Gasteiger partial charge in [0.2, 0.25) is 0 Å². The van der Waals surface area contributed by atoms with Gasteiger partial charge in [-0.05, 0) is 6.42 Å². The third kappa shape index (κ3) is 4.13. The van der Waals surface area contributed by atoms with Gasteiger partial charge in [-0.25, -0.2) is 0 Å². The molecule has 0 N–H and O–H groups in total. The van der Waals surface area contributed by atoms with Gasteiger partial charge in [-0.3, -0.25) is 9.18 Å². The zero-order valence-electron chi connectivity index (χ0n) is 5.98. The van der Waals surface area contributed by atoms with Crippen molar-refractivity contribution in [1.82, 2.24) is 0 Å². The minimum Gasteiger partial charge on any atom is -0.299 e. The molecule has 0 spiro atoms. The number of Topliss-reactive ketones (excluding diaryl/α,β-unsaturated/α-hetero) is 1. The zero-order chi connectivity index (χ0) is 7.28. The molecule has 0 aromatic rings. The average Bonchev–Trinajstić information content (AvgIpc) is 1.82. The second kappa shape index (κ2) is 4.48. The molecule has 0 heterocycles. The fourth-order valence-corrected chi connectivity index (χ4v) is 0.530. The Hall–Kier alpha value is -0.400. The lowest BCUT2D eigenvalue weighted by molar-refractivity contribution is -0.122. The van der Waals surface area contributed by atoms with Crippen molar-refractivity contribution in [2.24, 2.45) is 5.92 Å². The Morgan fingerprint density at radius 2 is 2.11 bits per heavy atom. The molecule has 9 heavy (non-hydrogen) atoms. The second-order valence-electron chi connectivity index (χ2n) is 2.41. The van der Waals surface area contributed by atoms with Gasteiger partial charge in [-0.2, -0.15) is 0 Å². The summed E-state index contributed by atoms with van der Waals surface area (Å²) in [6, 6.07) is 0. The van der Waals surface area contributed by atoms with Crippen LogP contribution in [0.25, 0.3) is 0 Å². The van der Waals surface area contributed by atoms with Crippen LogP contribution in [0, 0.1) is 5.92 Å². The van der Waals surface area contributed by atoms with E-state index in [9.17, 15) is 9.18 Å². The van der Waals surface area contributed by atoms with E-state index < -0.39 is 0 Å². The van der Waals surface area contributed by atoms with Crippen molar-refractivity contribution in [3.63, 3.8) is 0 Å². The van der Waals surface area contributed by atoms with E-state index >= 15 is 0 Å². The van der Waals surface area contributed by atoms with Gasteiger partial charge in [0.25, 0.3) is 0 Å². The van der Waals surface area contributed by atoms with Crippen molar-refractivity contribution in [3.05, 3.63) is 0 Å². The van der Waals surface area contributed by atoms with Crippen LogP contribution in [-0.4, -0.2) is 12.5 Å². The normalized spacial score (nSPS) is 10.2. The van der Waals surface area contributed by atoms with E-state index in [1.165, 1.54) is 0 Å². The molecule has 0 aliphatic rings. The first-order valence-electron chi connectivity index (χ1n) is 3.27. The van der Waals surface area contributed by atoms with Crippen LogP contribution < -0.4 is 0 Å². The number of ketones is 1. The maximum atomic E-state index is 11.5. The molecule has 0 rings (SSSR count). The van der Waals surface area contributed by atoms with Gasteiger partial charge >= 0.3 is 0 Å². The molecule has 0 saturated carbocycles. The Morgan fingerprint density at radius 3 is 2.44 bits per heavy atom. The highest BCUT2D eigenvalue weighted by molar-refractivity contribution is 5.80. The first kappa shape index (κ1) is 8.60. The predicted octanol–water partition coefficient (Wildman–Crippen LogP) is 1.96. The van der Waals surface area contributed by atoms with Gasteiger partial charge in [0.1, 0.15) is 5.78 Å². The molecule has 1 nitrogen and oxygen atoms in total. The van der Waals surface area contributed by atoms with Crippen molar-refractivity contribution in [1.29, 1.82) is 0 Å². The Bertz CT molecular complexity index is 88.9. The molecule has 0 amide bonds. The molecule has 0 aromatic heterocycles. The van der Waals surface area contributed by atoms with E-state index in [2.05, 4.69) is 0 Å². The summed E-state index contributed by atoms with van der Waals surface area (Å²) in [4.78, 5) is 10.7. The van der Waals surface area contributed by atoms with Gasteiger partial charge in [0, 0.05) is 12.3 Å². The van der Waals surface area contributed by atoms with Crippen LogP contribution in [0.2, 0.25) is 0 Å². The number of carbonyl (C=O) groups excluding carboxylic acids is 1. The van der Waals surface area contributed by atoms with Crippen LogP contribution >= 0.6 is 0 Å². The lowest BCUT2D eigenvalue weighted by atomic mass is 10.1. The number of rotatable bonds is 4. The molecule has 54 valence electrons. The quantitative estimate of drug-likeness (QED) is 0.571. The van der Waals surface area contributed by atoms with E-state index in [1.54, 1.807) is 0 Å². The van der Waals surface area contributed by atoms with Crippen LogP contribution in [0.1, 0.15) is 26.7 Å². The average molecular weight is 132 g/mol. The van der Waals surface area contributed by atoms with Gasteiger partial charge in [-0.15, -0.1) is 0 Å². The number of hydrogen-bond donors (Lipinski definition) is 0. The highest BCUT2D eigenvalue weighted by Gasteiger charge is 2.04. The first-order chi connectivity index (χ1) is 4.18. The summed E-state index contributed by atoms with van der Waals surface area (Å²) in [6.07, 6.45) is 0.783. The number of carbonyl (C=O) groups is 1.